The van der Waals surface area contributed by atoms with Gasteiger partial charge in [0, 0.05) is 13.1 Å². The highest BCUT2D eigenvalue weighted by atomic mass is 16.6. The summed E-state index contributed by atoms with van der Waals surface area (Å²) in [5, 5.41) is 9.08. The SMILES string of the molecule is C=CCOCC(CN(C)CC(CO)OC(N)=O)OC(N)=O. The lowest BCUT2D eigenvalue weighted by molar-refractivity contribution is 0.00208. The van der Waals surface area contributed by atoms with Gasteiger partial charge in [-0.25, -0.2) is 9.59 Å². The molecule has 0 aliphatic carbocycles. The van der Waals surface area contributed by atoms with Gasteiger partial charge in [-0.05, 0) is 7.05 Å². The normalized spacial score (nSPS) is 13.5. The first-order chi connectivity index (χ1) is 9.88. The number of carbonyl (C=O) groups is 2. The molecule has 0 spiro atoms. The van der Waals surface area contributed by atoms with E-state index >= 15 is 0 Å². The second-order valence-corrected chi connectivity index (χ2v) is 4.35. The lowest BCUT2D eigenvalue weighted by Gasteiger charge is -2.26. The lowest BCUT2D eigenvalue weighted by atomic mass is 10.3. The zero-order chi connectivity index (χ0) is 16.3. The van der Waals surface area contributed by atoms with E-state index in [2.05, 4.69) is 6.58 Å². The molecule has 0 heterocycles. The third-order valence-electron chi connectivity index (χ3n) is 2.34. The van der Waals surface area contributed by atoms with Crippen LogP contribution in [0.2, 0.25) is 0 Å². The maximum absolute atomic E-state index is 10.8. The predicted molar refractivity (Wildman–Crippen MR) is 74.5 cm³/mol. The van der Waals surface area contributed by atoms with Gasteiger partial charge in [0.1, 0.15) is 12.2 Å². The number of rotatable bonds is 11. The van der Waals surface area contributed by atoms with Crippen molar-refractivity contribution in [3.05, 3.63) is 12.7 Å². The number of likely N-dealkylation sites (N-methyl/N-ethyl adjacent to an activating group) is 1. The summed E-state index contributed by atoms with van der Waals surface area (Å²) < 4.78 is 14.8. The monoisotopic (exact) mass is 305 g/mol. The number of aliphatic hydroxyl groups excluding tert-OH is 1. The van der Waals surface area contributed by atoms with Gasteiger partial charge in [0.25, 0.3) is 0 Å². The molecule has 0 radical (unpaired) electrons. The highest BCUT2D eigenvalue weighted by Crippen LogP contribution is 2.01. The van der Waals surface area contributed by atoms with Gasteiger partial charge in [-0.3, -0.25) is 4.90 Å². The topological polar surface area (TPSA) is 137 Å². The first kappa shape index (κ1) is 19.2. The summed E-state index contributed by atoms with van der Waals surface area (Å²) in [5.41, 5.74) is 9.87. The number of amides is 2. The van der Waals surface area contributed by atoms with E-state index in [4.69, 9.17) is 30.8 Å². The number of aliphatic hydroxyl groups is 1. The van der Waals surface area contributed by atoms with Crippen molar-refractivity contribution in [1.29, 1.82) is 0 Å². The van der Waals surface area contributed by atoms with Gasteiger partial charge >= 0.3 is 12.2 Å². The van der Waals surface area contributed by atoms with Crippen LogP contribution in [0, 0.1) is 0 Å². The molecule has 9 nitrogen and oxygen atoms in total. The third-order valence-corrected chi connectivity index (χ3v) is 2.34. The summed E-state index contributed by atoms with van der Waals surface area (Å²) >= 11 is 0. The minimum atomic E-state index is -0.971. The molecule has 0 aromatic rings. The van der Waals surface area contributed by atoms with Crippen LogP contribution in [0.3, 0.4) is 0 Å². The summed E-state index contributed by atoms with van der Waals surface area (Å²) in [5.74, 6) is 0. The standard InChI is InChI=1S/C12H23N3O6/c1-3-4-19-8-10(21-12(14)18)6-15(2)5-9(7-16)20-11(13)17/h3,9-10,16H,1,4-8H2,2H3,(H2,13,17)(H2,14,18). The maximum Gasteiger partial charge on any atom is 0.404 e. The molecule has 0 saturated carbocycles. The van der Waals surface area contributed by atoms with Gasteiger partial charge in [-0.2, -0.15) is 0 Å². The third kappa shape index (κ3) is 10.6. The molecule has 0 bridgehead atoms. The molecule has 0 aliphatic heterocycles. The minimum Gasteiger partial charge on any atom is -0.443 e. The highest BCUT2D eigenvalue weighted by Gasteiger charge is 2.19. The van der Waals surface area contributed by atoms with Crippen LogP contribution >= 0.6 is 0 Å². The van der Waals surface area contributed by atoms with Crippen LogP contribution in [0.1, 0.15) is 0 Å². The molecule has 21 heavy (non-hydrogen) atoms. The molecule has 0 fully saturated rings. The molecule has 2 amide bonds. The molecular formula is C12H23N3O6. The van der Waals surface area contributed by atoms with Crippen LogP contribution in [0.5, 0.6) is 0 Å². The molecule has 5 N–H and O–H groups in total. The Bertz CT molecular complexity index is 339. The van der Waals surface area contributed by atoms with Gasteiger partial charge in [-0.15, -0.1) is 6.58 Å². The van der Waals surface area contributed by atoms with E-state index in [0.717, 1.165) is 0 Å². The van der Waals surface area contributed by atoms with Crippen molar-refractivity contribution in [2.75, 3.05) is 40.0 Å². The molecule has 9 heteroatoms. The van der Waals surface area contributed by atoms with Crippen LogP contribution in [0.15, 0.2) is 12.7 Å². The molecule has 0 aromatic heterocycles. The van der Waals surface area contributed by atoms with Crippen LogP contribution < -0.4 is 11.5 Å². The van der Waals surface area contributed by atoms with E-state index in [1.54, 1.807) is 18.0 Å². The number of ether oxygens (including phenoxy) is 3. The Kier molecular flexibility index (Phi) is 9.94. The van der Waals surface area contributed by atoms with Gasteiger partial charge in [0.05, 0.1) is 19.8 Å². The fraction of sp³-hybridized carbons (Fsp3) is 0.667. The van der Waals surface area contributed by atoms with Crippen LogP contribution in [0.25, 0.3) is 0 Å². The Balaban J connectivity index is 4.34. The molecule has 122 valence electrons. The summed E-state index contributed by atoms with van der Waals surface area (Å²) in [4.78, 5) is 23.2. The average molecular weight is 305 g/mol. The fourth-order valence-corrected chi connectivity index (χ4v) is 1.64. The van der Waals surface area contributed by atoms with Crippen molar-refractivity contribution in [3.8, 4) is 0 Å². The first-order valence-electron chi connectivity index (χ1n) is 6.29. The molecule has 2 unspecified atom stereocenters. The predicted octanol–water partition coefficient (Wildman–Crippen LogP) is -0.959. The Morgan fingerprint density at radius 1 is 1.24 bits per heavy atom. The van der Waals surface area contributed by atoms with Crippen molar-refractivity contribution in [2.24, 2.45) is 11.5 Å². The van der Waals surface area contributed by atoms with Gasteiger partial charge in [0.15, 0.2) is 0 Å². The maximum atomic E-state index is 10.8. The molecule has 0 aromatic carbocycles. The van der Waals surface area contributed by atoms with Crippen molar-refractivity contribution >= 4 is 12.2 Å². The lowest BCUT2D eigenvalue weighted by Crippen LogP contribution is -2.42. The van der Waals surface area contributed by atoms with Gasteiger partial charge < -0.3 is 30.8 Å². The zero-order valence-electron chi connectivity index (χ0n) is 12.1. The minimum absolute atomic E-state index is 0.139. The Morgan fingerprint density at radius 3 is 2.24 bits per heavy atom. The quantitative estimate of drug-likeness (QED) is 0.330. The molecule has 2 atom stereocenters. The fourth-order valence-electron chi connectivity index (χ4n) is 1.64. The van der Waals surface area contributed by atoms with Crippen LogP contribution in [-0.2, 0) is 14.2 Å². The smallest absolute Gasteiger partial charge is 0.404 e. The Morgan fingerprint density at radius 2 is 1.76 bits per heavy atom. The zero-order valence-corrected chi connectivity index (χ0v) is 12.1. The largest absolute Gasteiger partial charge is 0.443 e. The number of carbonyl (C=O) groups excluding carboxylic acids is 2. The molecule has 0 saturated heterocycles. The second-order valence-electron chi connectivity index (χ2n) is 4.35. The van der Waals surface area contributed by atoms with E-state index in [1.807, 2.05) is 0 Å². The van der Waals surface area contributed by atoms with Gasteiger partial charge in [0.2, 0.25) is 0 Å². The average Bonchev–Trinajstić information content (AvgIpc) is 2.36. The van der Waals surface area contributed by atoms with Crippen molar-refractivity contribution in [1.82, 2.24) is 4.90 Å². The van der Waals surface area contributed by atoms with Crippen LogP contribution in [-0.4, -0.2) is 74.4 Å². The van der Waals surface area contributed by atoms with E-state index < -0.39 is 24.4 Å². The summed E-state index contributed by atoms with van der Waals surface area (Å²) in [6.45, 7) is 4.06. The molecular weight excluding hydrogens is 282 g/mol. The Hall–Kier alpha value is -1.84. The van der Waals surface area contributed by atoms with Crippen molar-refractivity contribution in [3.63, 3.8) is 0 Å². The number of nitrogens with zero attached hydrogens (tertiary/aromatic N) is 1. The van der Waals surface area contributed by atoms with Crippen LogP contribution in [0.4, 0.5) is 9.59 Å². The summed E-state index contributed by atoms with van der Waals surface area (Å²) in [6, 6.07) is 0. The van der Waals surface area contributed by atoms with E-state index in [-0.39, 0.29) is 26.3 Å². The molecule has 0 aliphatic rings. The number of primary amides is 2. The van der Waals surface area contributed by atoms with E-state index in [1.165, 1.54) is 0 Å². The molecule has 0 rings (SSSR count). The van der Waals surface area contributed by atoms with Crippen molar-refractivity contribution in [2.45, 2.75) is 12.2 Å². The number of hydrogen-bond acceptors (Lipinski definition) is 7. The summed E-state index contributed by atoms with van der Waals surface area (Å²) in [6.07, 6.45) is -1.69. The number of nitrogens with two attached hydrogens (primary N) is 2. The first-order valence-corrected chi connectivity index (χ1v) is 6.29. The number of hydrogen-bond donors (Lipinski definition) is 3. The van der Waals surface area contributed by atoms with E-state index in [9.17, 15) is 9.59 Å². The van der Waals surface area contributed by atoms with Gasteiger partial charge in [-0.1, -0.05) is 6.08 Å². The van der Waals surface area contributed by atoms with Crippen molar-refractivity contribution < 1.29 is 28.9 Å². The highest BCUT2D eigenvalue weighted by molar-refractivity contribution is 5.65. The Labute approximate surface area is 123 Å². The second kappa shape index (κ2) is 10.9. The summed E-state index contributed by atoms with van der Waals surface area (Å²) in [7, 11) is 1.69. The van der Waals surface area contributed by atoms with E-state index in [0.29, 0.717) is 6.61 Å².